The molecule has 0 radical (unpaired) electrons. The van der Waals surface area contributed by atoms with Crippen molar-refractivity contribution in [2.24, 2.45) is 34.5 Å². The van der Waals surface area contributed by atoms with Crippen LogP contribution in [0.2, 0.25) is 0 Å². The fourth-order valence-corrected chi connectivity index (χ4v) is 9.14. The lowest BCUT2D eigenvalue weighted by Gasteiger charge is -2.58. The van der Waals surface area contributed by atoms with Gasteiger partial charge >= 0.3 is 0 Å². The molecule has 4 unspecified atom stereocenters. The highest BCUT2D eigenvalue weighted by molar-refractivity contribution is 5.80. The Morgan fingerprint density at radius 1 is 1.09 bits per heavy atom. The van der Waals surface area contributed by atoms with Gasteiger partial charge in [0, 0.05) is 51.1 Å². The van der Waals surface area contributed by atoms with Gasteiger partial charge in [0.25, 0.3) is 0 Å². The summed E-state index contributed by atoms with van der Waals surface area (Å²) in [4.78, 5) is 14.5. The van der Waals surface area contributed by atoms with Crippen LogP contribution in [0.4, 0.5) is 5.69 Å². The summed E-state index contributed by atoms with van der Waals surface area (Å²) in [7, 11) is 6.14. The van der Waals surface area contributed by atoms with Gasteiger partial charge in [-0.15, -0.1) is 0 Å². The van der Waals surface area contributed by atoms with Crippen LogP contribution in [0, 0.1) is 34.5 Å². The molecule has 0 N–H and O–H groups in total. The van der Waals surface area contributed by atoms with E-state index in [4.69, 9.17) is 4.74 Å². The van der Waals surface area contributed by atoms with Gasteiger partial charge in [0.1, 0.15) is 5.78 Å². The fraction of sp³-hybridized carbons (Fsp3) is 0.710. The van der Waals surface area contributed by atoms with Gasteiger partial charge in [-0.05, 0) is 85.3 Å². The maximum atomic E-state index is 12.4. The SMILES string of the molecule is COCC1(C(C)C)CCC2C3CCC4CC(=O)CCC4=C3[C@@H](c3ccc(N(C)C)cc3)C[C@@]21C. The molecule has 0 heterocycles. The van der Waals surface area contributed by atoms with Gasteiger partial charge in [-0.1, -0.05) is 44.1 Å². The number of benzene rings is 1. The van der Waals surface area contributed by atoms with Gasteiger partial charge in [0.15, 0.2) is 0 Å². The molecule has 4 aliphatic rings. The molecule has 3 nitrogen and oxygen atoms in total. The van der Waals surface area contributed by atoms with Crippen LogP contribution < -0.4 is 4.90 Å². The van der Waals surface area contributed by atoms with E-state index < -0.39 is 0 Å². The number of allylic oxidation sites excluding steroid dienone is 2. The zero-order valence-corrected chi connectivity index (χ0v) is 22.3. The van der Waals surface area contributed by atoms with Crippen LogP contribution in [0.1, 0.15) is 83.6 Å². The Balaban J connectivity index is 1.64. The summed E-state index contributed by atoms with van der Waals surface area (Å²) in [6.45, 7) is 8.37. The second-order valence-electron chi connectivity index (χ2n) is 12.7. The van der Waals surface area contributed by atoms with Crippen LogP contribution in [-0.2, 0) is 9.53 Å². The van der Waals surface area contributed by atoms with E-state index in [0.717, 1.165) is 31.8 Å². The highest BCUT2D eigenvalue weighted by Gasteiger charge is 2.64. The first-order valence-electron chi connectivity index (χ1n) is 13.7. The summed E-state index contributed by atoms with van der Waals surface area (Å²) in [5.74, 6) is 3.49. The van der Waals surface area contributed by atoms with Crippen molar-refractivity contribution in [1.82, 2.24) is 0 Å². The summed E-state index contributed by atoms with van der Waals surface area (Å²) in [5.41, 5.74) is 6.71. The van der Waals surface area contributed by atoms with E-state index in [1.807, 2.05) is 7.11 Å². The summed E-state index contributed by atoms with van der Waals surface area (Å²) in [6, 6.07) is 9.39. The predicted octanol–water partition coefficient (Wildman–Crippen LogP) is 7.02. The van der Waals surface area contributed by atoms with Crippen molar-refractivity contribution in [3.05, 3.63) is 41.0 Å². The summed E-state index contributed by atoms with van der Waals surface area (Å²) in [6.07, 6.45) is 8.88. The van der Waals surface area contributed by atoms with E-state index in [0.29, 0.717) is 29.5 Å². The van der Waals surface area contributed by atoms with Crippen molar-refractivity contribution in [1.29, 1.82) is 0 Å². The molecule has 0 saturated heterocycles. The second kappa shape index (κ2) is 8.80. The minimum atomic E-state index is 0.240. The van der Waals surface area contributed by atoms with E-state index in [9.17, 15) is 4.79 Å². The number of Topliss-reactive ketones (excluding diaryl/α,β-unsaturated/α-hetero) is 1. The van der Waals surface area contributed by atoms with Crippen LogP contribution >= 0.6 is 0 Å². The Bertz CT molecular complexity index is 960. The third kappa shape index (κ3) is 3.52. The molecular weight excluding hydrogens is 418 g/mol. The molecule has 186 valence electrons. The minimum absolute atomic E-state index is 0.240. The largest absolute Gasteiger partial charge is 0.384 e. The number of nitrogens with zero attached hydrogens (tertiary/aromatic N) is 1. The normalized spacial score (nSPS) is 37.4. The van der Waals surface area contributed by atoms with Gasteiger partial charge < -0.3 is 9.64 Å². The minimum Gasteiger partial charge on any atom is -0.384 e. The lowest BCUT2D eigenvalue weighted by molar-refractivity contribution is -0.121. The van der Waals surface area contributed by atoms with E-state index >= 15 is 0 Å². The number of rotatable bonds is 5. The van der Waals surface area contributed by atoms with Crippen molar-refractivity contribution in [3.8, 4) is 0 Å². The standard InChI is InChI=1S/C31H45NO2/c1-20(2)31(19-34-6)16-15-28-26-13-9-22-17-24(33)12-14-25(22)29(26)27(18-30(28,31)3)21-7-10-23(11-8-21)32(4)5/h7-8,10-11,20,22,26-28H,9,12-19H2,1-6H3/t22?,26?,27-,28?,30+,31?/m1/s1. The Hall–Kier alpha value is -1.61. The van der Waals surface area contributed by atoms with Crippen LogP contribution in [-0.4, -0.2) is 33.6 Å². The van der Waals surface area contributed by atoms with Gasteiger partial charge in [0.05, 0.1) is 6.61 Å². The molecule has 4 aliphatic carbocycles. The molecule has 3 heteroatoms. The number of methoxy groups -OCH3 is 1. The van der Waals surface area contributed by atoms with E-state index in [-0.39, 0.29) is 10.8 Å². The summed E-state index contributed by atoms with van der Waals surface area (Å²) < 4.78 is 5.97. The number of carbonyl (C=O) groups excluding carboxylic acids is 1. The molecule has 5 rings (SSSR count). The van der Waals surface area contributed by atoms with Gasteiger partial charge in [0.2, 0.25) is 0 Å². The molecule has 34 heavy (non-hydrogen) atoms. The van der Waals surface area contributed by atoms with Crippen LogP contribution in [0.5, 0.6) is 0 Å². The third-order valence-electron chi connectivity index (χ3n) is 10.9. The molecule has 1 aromatic rings. The highest BCUT2D eigenvalue weighted by atomic mass is 16.5. The molecule has 0 spiro atoms. The predicted molar refractivity (Wildman–Crippen MR) is 140 cm³/mol. The second-order valence-corrected chi connectivity index (χ2v) is 12.7. The third-order valence-corrected chi connectivity index (χ3v) is 10.9. The van der Waals surface area contributed by atoms with E-state index in [1.54, 1.807) is 11.1 Å². The highest BCUT2D eigenvalue weighted by Crippen LogP contribution is 2.71. The summed E-state index contributed by atoms with van der Waals surface area (Å²) in [5, 5.41) is 0. The first-order valence-corrected chi connectivity index (χ1v) is 13.7. The Kier molecular flexibility index (Phi) is 6.24. The number of anilines is 1. The molecule has 0 aliphatic heterocycles. The quantitative estimate of drug-likeness (QED) is 0.439. The zero-order valence-electron chi connectivity index (χ0n) is 22.3. The average Bonchev–Trinajstić information content (AvgIpc) is 3.11. The lowest BCUT2D eigenvalue weighted by atomic mass is 9.47. The smallest absolute Gasteiger partial charge is 0.133 e. The molecule has 6 atom stereocenters. The van der Waals surface area contributed by atoms with Crippen molar-refractivity contribution in [2.75, 3.05) is 32.7 Å². The lowest BCUT2D eigenvalue weighted by Crippen LogP contribution is -2.52. The van der Waals surface area contributed by atoms with Crippen LogP contribution in [0.15, 0.2) is 35.4 Å². The first-order chi connectivity index (χ1) is 16.2. The maximum Gasteiger partial charge on any atom is 0.133 e. The fourth-order valence-electron chi connectivity index (χ4n) is 9.14. The van der Waals surface area contributed by atoms with Gasteiger partial charge in [-0.2, -0.15) is 0 Å². The topological polar surface area (TPSA) is 29.5 Å². The monoisotopic (exact) mass is 463 g/mol. The van der Waals surface area contributed by atoms with Crippen LogP contribution in [0.25, 0.3) is 0 Å². The number of carbonyl (C=O) groups is 1. The van der Waals surface area contributed by atoms with Gasteiger partial charge in [-0.3, -0.25) is 4.79 Å². The summed E-state index contributed by atoms with van der Waals surface area (Å²) >= 11 is 0. The molecule has 3 saturated carbocycles. The van der Waals surface area contributed by atoms with Crippen molar-refractivity contribution in [3.63, 3.8) is 0 Å². The molecular formula is C31H45NO2. The zero-order chi connectivity index (χ0) is 24.3. The molecule has 0 aromatic heterocycles. The molecule has 1 aromatic carbocycles. The maximum absolute atomic E-state index is 12.4. The van der Waals surface area contributed by atoms with Gasteiger partial charge in [-0.25, -0.2) is 0 Å². The number of hydrogen-bond donors (Lipinski definition) is 0. The van der Waals surface area contributed by atoms with Crippen molar-refractivity contribution < 1.29 is 9.53 Å². The number of ketones is 1. The molecule has 0 amide bonds. The Morgan fingerprint density at radius 3 is 2.47 bits per heavy atom. The number of hydrogen-bond acceptors (Lipinski definition) is 3. The van der Waals surface area contributed by atoms with Crippen LogP contribution in [0.3, 0.4) is 0 Å². The van der Waals surface area contributed by atoms with E-state index in [2.05, 4.69) is 64.0 Å². The van der Waals surface area contributed by atoms with Crippen molar-refractivity contribution in [2.45, 2.75) is 78.1 Å². The number of fused-ring (bicyclic) bond motifs is 4. The van der Waals surface area contributed by atoms with Crippen molar-refractivity contribution >= 4 is 11.5 Å². The molecule has 3 fully saturated rings. The number of ether oxygens (including phenoxy) is 1. The Morgan fingerprint density at radius 2 is 1.82 bits per heavy atom. The Labute approximate surface area is 207 Å². The van der Waals surface area contributed by atoms with E-state index in [1.165, 1.54) is 43.4 Å². The average molecular weight is 464 g/mol. The molecule has 0 bridgehead atoms. The first kappa shape index (κ1) is 24.1.